The van der Waals surface area contributed by atoms with Crippen molar-refractivity contribution in [3.05, 3.63) is 0 Å². The Hall–Kier alpha value is -1.75. The van der Waals surface area contributed by atoms with Crippen molar-refractivity contribution in [3.8, 4) is 0 Å². The van der Waals surface area contributed by atoms with Gasteiger partial charge in [0.1, 0.15) is 6.04 Å². The number of carbonyl (C=O) groups is 3. The molecular weight excluding hydrogens is 391 g/mol. The molecule has 0 aromatic carbocycles. The molecule has 0 bridgehead atoms. The second kappa shape index (κ2) is 7.25. The van der Waals surface area contributed by atoms with Crippen molar-refractivity contribution >= 4 is 27.7 Å². The van der Waals surface area contributed by atoms with Gasteiger partial charge in [-0.1, -0.05) is 13.8 Å². The van der Waals surface area contributed by atoms with E-state index in [0.29, 0.717) is 6.42 Å². The van der Waals surface area contributed by atoms with Gasteiger partial charge in [0.2, 0.25) is 21.8 Å². The number of piperazine rings is 1. The fourth-order valence-corrected chi connectivity index (χ4v) is 4.61. The monoisotopic (exact) mass is 418 g/mol. The maximum Gasteiger partial charge on any atom is 0.261 e. The number of hydrogen-bond donors (Lipinski definition) is 2. The third-order valence-electron chi connectivity index (χ3n) is 5.47. The van der Waals surface area contributed by atoms with E-state index in [2.05, 4.69) is 10.0 Å². The van der Waals surface area contributed by atoms with E-state index in [1.54, 1.807) is 13.8 Å². The van der Waals surface area contributed by atoms with E-state index in [0.717, 1.165) is 6.26 Å². The molecular formula is C17H27FN4O5S. The number of hydrogen-bond acceptors (Lipinski definition) is 5. The van der Waals surface area contributed by atoms with Crippen LogP contribution < -0.4 is 10.0 Å². The van der Waals surface area contributed by atoms with Crippen LogP contribution in [0, 0.1) is 5.92 Å². The molecule has 3 aliphatic rings. The van der Waals surface area contributed by atoms with Crippen molar-refractivity contribution in [1.29, 1.82) is 0 Å². The minimum Gasteiger partial charge on any atom is -0.353 e. The van der Waals surface area contributed by atoms with Gasteiger partial charge in [0.15, 0.2) is 5.67 Å². The highest BCUT2D eigenvalue weighted by Gasteiger charge is 2.57. The van der Waals surface area contributed by atoms with Gasteiger partial charge in [0, 0.05) is 31.6 Å². The summed E-state index contributed by atoms with van der Waals surface area (Å²) in [6.07, 6.45) is 1.67. The summed E-state index contributed by atoms with van der Waals surface area (Å²) >= 11 is 0. The van der Waals surface area contributed by atoms with Crippen LogP contribution in [0.1, 0.15) is 33.1 Å². The molecule has 2 saturated heterocycles. The van der Waals surface area contributed by atoms with E-state index in [1.165, 1.54) is 9.80 Å². The van der Waals surface area contributed by atoms with Gasteiger partial charge in [-0.2, -0.15) is 0 Å². The molecule has 28 heavy (non-hydrogen) atoms. The third kappa shape index (κ3) is 4.29. The molecule has 0 unspecified atom stereocenters. The minimum atomic E-state index is -3.44. The number of rotatable bonds is 6. The fourth-order valence-electron chi connectivity index (χ4n) is 3.83. The van der Waals surface area contributed by atoms with Crippen LogP contribution in [0.5, 0.6) is 0 Å². The molecule has 0 spiro atoms. The molecule has 0 radical (unpaired) electrons. The standard InChI is InChI=1S/C17H27FN4O5S/c1-10(2)14(23)19-7-13-15(24)21-8-11(20-28(3,26)27)6-12(21)9-22(13)16(25)17(18)4-5-17/h10-13,20H,4-9H2,1-3H3,(H,19,23)/t11-,12-,13-/m0/s1. The number of carbonyl (C=O) groups excluding carboxylic acids is 3. The van der Waals surface area contributed by atoms with Gasteiger partial charge in [-0.3, -0.25) is 14.4 Å². The van der Waals surface area contributed by atoms with E-state index in [4.69, 9.17) is 0 Å². The molecule has 3 rings (SSSR count). The van der Waals surface area contributed by atoms with Crippen molar-refractivity contribution in [2.75, 3.05) is 25.9 Å². The summed E-state index contributed by atoms with van der Waals surface area (Å²) in [6, 6.07) is -1.82. The Morgan fingerprint density at radius 1 is 1.29 bits per heavy atom. The average molecular weight is 418 g/mol. The van der Waals surface area contributed by atoms with Crippen LogP contribution >= 0.6 is 0 Å². The highest BCUT2D eigenvalue weighted by atomic mass is 32.2. The zero-order valence-corrected chi connectivity index (χ0v) is 17.1. The largest absolute Gasteiger partial charge is 0.353 e. The molecule has 1 saturated carbocycles. The molecule has 2 aliphatic heterocycles. The van der Waals surface area contributed by atoms with Gasteiger partial charge < -0.3 is 15.1 Å². The Kier molecular flexibility index (Phi) is 5.43. The minimum absolute atomic E-state index is 0.0922. The number of nitrogens with one attached hydrogen (secondary N) is 2. The van der Waals surface area contributed by atoms with E-state index in [9.17, 15) is 27.2 Å². The van der Waals surface area contributed by atoms with E-state index in [-0.39, 0.29) is 50.3 Å². The first-order valence-corrected chi connectivity index (χ1v) is 11.4. The van der Waals surface area contributed by atoms with Crippen LogP contribution in [-0.4, -0.2) is 85.6 Å². The summed E-state index contributed by atoms with van der Waals surface area (Å²) < 4.78 is 40.0. The molecule has 3 atom stereocenters. The van der Waals surface area contributed by atoms with Crippen LogP contribution in [0.25, 0.3) is 0 Å². The normalized spacial score (nSPS) is 29.0. The molecule has 2 heterocycles. The molecule has 1 aliphatic carbocycles. The van der Waals surface area contributed by atoms with Gasteiger partial charge in [-0.05, 0) is 19.3 Å². The second-order valence-corrected chi connectivity index (χ2v) is 10.1. The zero-order chi connectivity index (χ0) is 20.9. The highest BCUT2D eigenvalue weighted by Crippen LogP contribution is 2.42. The third-order valence-corrected chi connectivity index (χ3v) is 6.24. The summed E-state index contributed by atoms with van der Waals surface area (Å²) in [5.41, 5.74) is -1.92. The Balaban J connectivity index is 1.78. The summed E-state index contributed by atoms with van der Waals surface area (Å²) in [7, 11) is -3.44. The lowest BCUT2D eigenvalue weighted by Crippen LogP contribution is -2.65. The molecule has 3 amide bonds. The van der Waals surface area contributed by atoms with Crippen LogP contribution in [0.3, 0.4) is 0 Å². The van der Waals surface area contributed by atoms with Gasteiger partial charge >= 0.3 is 0 Å². The number of halogens is 1. The molecule has 2 N–H and O–H groups in total. The lowest BCUT2D eigenvalue weighted by molar-refractivity contribution is -0.157. The molecule has 0 aromatic heterocycles. The zero-order valence-electron chi connectivity index (χ0n) is 16.3. The van der Waals surface area contributed by atoms with Crippen molar-refractivity contribution in [3.63, 3.8) is 0 Å². The SMILES string of the molecule is CC(C)C(=O)NC[C@H]1C(=O)N2C[C@@H](NS(C)(=O)=O)C[C@H]2CN1C(=O)C1(F)CC1. The van der Waals surface area contributed by atoms with E-state index >= 15 is 0 Å². The maximum absolute atomic E-state index is 14.5. The quantitative estimate of drug-likeness (QED) is 0.574. The first-order valence-electron chi connectivity index (χ1n) is 9.47. The van der Waals surface area contributed by atoms with Crippen molar-refractivity contribution in [2.24, 2.45) is 5.92 Å². The molecule has 0 aromatic rings. The van der Waals surface area contributed by atoms with Gasteiger partial charge in [-0.15, -0.1) is 0 Å². The predicted molar refractivity (Wildman–Crippen MR) is 98.3 cm³/mol. The number of sulfonamides is 1. The summed E-state index contributed by atoms with van der Waals surface area (Å²) in [5, 5.41) is 2.65. The summed E-state index contributed by atoms with van der Waals surface area (Å²) in [4.78, 5) is 40.4. The molecule has 158 valence electrons. The molecule has 9 nitrogen and oxygen atoms in total. The van der Waals surface area contributed by atoms with Crippen LogP contribution in [0.2, 0.25) is 0 Å². The van der Waals surface area contributed by atoms with Gasteiger partial charge in [-0.25, -0.2) is 17.5 Å². The number of nitrogens with zero attached hydrogens (tertiary/aromatic N) is 2. The Labute approximate surface area is 164 Å². The summed E-state index contributed by atoms with van der Waals surface area (Å²) in [6.45, 7) is 3.64. The van der Waals surface area contributed by atoms with Crippen LogP contribution in [0.15, 0.2) is 0 Å². The fraction of sp³-hybridized carbons (Fsp3) is 0.824. The van der Waals surface area contributed by atoms with Crippen molar-refractivity contribution in [1.82, 2.24) is 19.8 Å². The average Bonchev–Trinajstić information content (AvgIpc) is 3.20. The van der Waals surface area contributed by atoms with E-state index in [1.807, 2.05) is 0 Å². The van der Waals surface area contributed by atoms with E-state index < -0.39 is 39.6 Å². The molecule has 3 fully saturated rings. The lowest BCUT2D eigenvalue weighted by Gasteiger charge is -2.43. The topological polar surface area (TPSA) is 116 Å². The summed E-state index contributed by atoms with van der Waals surface area (Å²) in [5.74, 6) is -1.66. The van der Waals surface area contributed by atoms with Crippen LogP contribution in [0.4, 0.5) is 4.39 Å². The van der Waals surface area contributed by atoms with Crippen molar-refractivity contribution in [2.45, 2.75) is 56.9 Å². The Morgan fingerprint density at radius 3 is 2.46 bits per heavy atom. The smallest absolute Gasteiger partial charge is 0.261 e. The maximum atomic E-state index is 14.5. The predicted octanol–water partition coefficient (Wildman–Crippen LogP) is -1.01. The van der Waals surface area contributed by atoms with Crippen LogP contribution in [-0.2, 0) is 24.4 Å². The Morgan fingerprint density at radius 2 is 1.93 bits per heavy atom. The van der Waals surface area contributed by atoms with Gasteiger partial charge in [0.25, 0.3) is 5.91 Å². The Bertz CT molecular complexity index is 782. The first-order chi connectivity index (χ1) is 12.9. The lowest BCUT2D eigenvalue weighted by atomic mass is 10.0. The highest BCUT2D eigenvalue weighted by molar-refractivity contribution is 7.88. The van der Waals surface area contributed by atoms with Gasteiger partial charge in [0.05, 0.1) is 12.3 Å². The number of amides is 3. The number of alkyl halides is 1. The first kappa shape index (κ1) is 21.0. The molecule has 11 heteroatoms. The number of fused-ring (bicyclic) bond motifs is 1. The second-order valence-electron chi connectivity index (χ2n) is 8.31. The van der Waals surface area contributed by atoms with Crippen molar-refractivity contribution < 1.29 is 27.2 Å².